The van der Waals surface area contributed by atoms with Crippen molar-refractivity contribution < 1.29 is 9.47 Å². The van der Waals surface area contributed by atoms with Crippen molar-refractivity contribution in [1.29, 1.82) is 5.26 Å². The zero-order valence-corrected chi connectivity index (χ0v) is 31.6. The summed E-state index contributed by atoms with van der Waals surface area (Å²) in [5.74, 6) is 3.07. The molecule has 7 aromatic carbocycles. The van der Waals surface area contributed by atoms with Gasteiger partial charge >= 0.3 is 0 Å². The zero-order valence-electron chi connectivity index (χ0n) is 31.6. The van der Waals surface area contributed by atoms with Gasteiger partial charge in [0.15, 0.2) is 28.7 Å². The fraction of sp³-hybridized carbons (Fsp3) is 0.120. The van der Waals surface area contributed by atoms with Gasteiger partial charge < -0.3 is 19.3 Å². The third-order valence-electron chi connectivity index (χ3n) is 11.2. The van der Waals surface area contributed by atoms with E-state index in [4.69, 9.17) is 16.0 Å². The largest absolute Gasteiger partial charge is 0.453 e. The minimum absolute atomic E-state index is 0.509. The lowest BCUT2D eigenvalue weighted by atomic mass is 9.71. The number of nitriles is 1. The molecule has 6 nitrogen and oxygen atoms in total. The first-order chi connectivity index (χ1) is 27.2. The summed E-state index contributed by atoms with van der Waals surface area (Å²) in [5, 5.41) is 10.9. The molecular formula is C50H38N4O2. The number of fused-ring (bicyclic) bond motifs is 4. The molecule has 6 heteroatoms. The Morgan fingerprint density at radius 3 is 1.18 bits per heavy atom. The van der Waals surface area contributed by atoms with Gasteiger partial charge in [0, 0.05) is 10.8 Å². The van der Waals surface area contributed by atoms with E-state index in [1.54, 1.807) is 0 Å². The van der Waals surface area contributed by atoms with Crippen molar-refractivity contribution in [2.24, 2.45) is 0 Å². The summed E-state index contributed by atoms with van der Waals surface area (Å²) >= 11 is 0. The molecule has 0 fully saturated rings. The zero-order chi connectivity index (χ0) is 38.6. The van der Waals surface area contributed by atoms with Gasteiger partial charge in [-0.15, -0.1) is 0 Å². The van der Waals surface area contributed by atoms with Crippen LogP contribution in [-0.4, -0.2) is 0 Å². The van der Waals surface area contributed by atoms with Gasteiger partial charge in [0.05, 0.1) is 52.3 Å². The lowest BCUT2D eigenvalue weighted by molar-refractivity contribution is 0.476. The molecule has 0 aliphatic carbocycles. The SMILES string of the molecule is [C-]#[N+]c1cc(C(C)(C)c2ccccc2N2c3ccccc3Oc3ccccc32)c(C#N)cc1C(C)(C)c1ccccc1N1c2ccccc2Oc2ccccc21. The fourth-order valence-corrected chi connectivity index (χ4v) is 8.40. The number of hydrogen-bond acceptors (Lipinski definition) is 5. The summed E-state index contributed by atoms with van der Waals surface area (Å²) in [6, 6.07) is 55.3. The van der Waals surface area contributed by atoms with E-state index in [1.165, 1.54) is 0 Å². The molecule has 0 N–H and O–H groups in total. The van der Waals surface area contributed by atoms with Crippen molar-refractivity contribution >= 4 is 39.8 Å². The van der Waals surface area contributed by atoms with Crippen molar-refractivity contribution in [2.45, 2.75) is 38.5 Å². The van der Waals surface area contributed by atoms with Gasteiger partial charge in [-0.2, -0.15) is 5.26 Å². The number of para-hydroxylation sites is 10. The maximum absolute atomic E-state index is 10.9. The van der Waals surface area contributed by atoms with Gasteiger partial charge in [-0.3, -0.25) is 0 Å². The van der Waals surface area contributed by atoms with E-state index in [0.717, 1.165) is 79.4 Å². The van der Waals surface area contributed by atoms with Crippen LogP contribution in [0.2, 0.25) is 0 Å². The Morgan fingerprint density at radius 2 is 0.804 bits per heavy atom. The minimum atomic E-state index is -0.689. The Balaban J connectivity index is 1.18. The second-order valence-corrected chi connectivity index (χ2v) is 15.2. The third-order valence-corrected chi connectivity index (χ3v) is 11.2. The average Bonchev–Trinajstić information content (AvgIpc) is 3.24. The van der Waals surface area contributed by atoms with Gasteiger partial charge in [-0.05, 0) is 82.9 Å². The van der Waals surface area contributed by atoms with Crippen LogP contribution in [0.15, 0.2) is 158 Å². The first-order valence-electron chi connectivity index (χ1n) is 18.7. The average molecular weight is 727 g/mol. The fourth-order valence-electron chi connectivity index (χ4n) is 8.40. The monoisotopic (exact) mass is 726 g/mol. The maximum atomic E-state index is 10.9. The smallest absolute Gasteiger partial charge is 0.191 e. The molecule has 0 radical (unpaired) electrons. The molecule has 0 unspecified atom stereocenters. The van der Waals surface area contributed by atoms with Crippen molar-refractivity contribution in [3.05, 3.63) is 197 Å². The van der Waals surface area contributed by atoms with Gasteiger partial charge in [0.2, 0.25) is 0 Å². The van der Waals surface area contributed by atoms with Crippen LogP contribution in [0.3, 0.4) is 0 Å². The molecule has 0 amide bonds. The Hall–Kier alpha value is -7.28. The van der Waals surface area contributed by atoms with E-state index in [9.17, 15) is 5.26 Å². The van der Waals surface area contributed by atoms with E-state index in [-0.39, 0.29) is 0 Å². The second-order valence-electron chi connectivity index (χ2n) is 15.2. The highest BCUT2D eigenvalue weighted by atomic mass is 16.5. The highest BCUT2D eigenvalue weighted by molar-refractivity contribution is 5.89. The van der Waals surface area contributed by atoms with Crippen LogP contribution >= 0.6 is 0 Å². The first kappa shape index (κ1) is 34.5. The molecular weight excluding hydrogens is 689 g/mol. The predicted octanol–water partition coefficient (Wildman–Crippen LogP) is 13.9. The van der Waals surface area contributed by atoms with Crippen LogP contribution in [0, 0.1) is 17.9 Å². The second kappa shape index (κ2) is 13.2. The highest BCUT2D eigenvalue weighted by Gasteiger charge is 2.37. The van der Waals surface area contributed by atoms with Crippen LogP contribution in [0.4, 0.5) is 39.8 Å². The maximum Gasteiger partial charge on any atom is 0.191 e. The molecule has 2 heterocycles. The Labute approximate surface area is 327 Å². The standard InChI is InChI=1S/C50H38N4O2/c1-49(2,34-18-6-8-20-39(34)53-41-22-10-14-26-45(41)55-46-27-15-11-23-42(46)53)36-31-38(52-5)37(30-33(36)32-51)50(3,4)35-19-7-9-21-40(35)54-43-24-12-16-28-47(43)56-48-29-17-13-25-44(48)54/h6-31H,1-4H3. The summed E-state index contributed by atoms with van der Waals surface area (Å²) in [4.78, 5) is 8.65. The van der Waals surface area contributed by atoms with Gasteiger partial charge in [0.1, 0.15) is 0 Å². The van der Waals surface area contributed by atoms with Crippen LogP contribution in [0.25, 0.3) is 4.85 Å². The summed E-state index contributed by atoms with van der Waals surface area (Å²) in [5.41, 5.74) is 8.93. The molecule has 0 atom stereocenters. The molecule has 0 bridgehead atoms. The number of ether oxygens (including phenoxy) is 2. The number of rotatable bonds is 6. The summed E-state index contributed by atoms with van der Waals surface area (Å²) in [7, 11) is 0. The molecule has 9 rings (SSSR count). The normalized spacial score (nSPS) is 12.8. The molecule has 270 valence electrons. The van der Waals surface area contributed by atoms with Crippen molar-refractivity contribution in [3.8, 4) is 29.1 Å². The van der Waals surface area contributed by atoms with Crippen LogP contribution in [-0.2, 0) is 10.8 Å². The minimum Gasteiger partial charge on any atom is -0.453 e. The first-order valence-corrected chi connectivity index (χ1v) is 18.7. The summed E-state index contributed by atoms with van der Waals surface area (Å²) in [6.45, 7) is 17.1. The van der Waals surface area contributed by atoms with E-state index < -0.39 is 10.8 Å². The van der Waals surface area contributed by atoms with Crippen LogP contribution < -0.4 is 19.3 Å². The van der Waals surface area contributed by atoms with Crippen molar-refractivity contribution in [2.75, 3.05) is 9.80 Å². The molecule has 56 heavy (non-hydrogen) atoms. The molecule has 0 saturated heterocycles. The third kappa shape index (κ3) is 5.38. The van der Waals surface area contributed by atoms with Crippen LogP contribution in [0.1, 0.15) is 55.5 Å². The predicted molar refractivity (Wildman–Crippen MR) is 224 cm³/mol. The number of hydrogen-bond donors (Lipinski definition) is 0. The van der Waals surface area contributed by atoms with E-state index in [0.29, 0.717) is 11.3 Å². The highest BCUT2D eigenvalue weighted by Crippen LogP contribution is 2.55. The quantitative estimate of drug-likeness (QED) is 0.160. The van der Waals surface area contributed by atoms with Gasteiger partial charge in [-0.1, -0.05) is 125 Å². The molecule has 0 spiro atoms. The van der Waals surface area contributed by atoms with Crippen LogP contribution in [0.5, 0.6) is 23.0 Å². The molecule has 7 aromatic rings. The topological polar surface area (TPSA) is 53.1 Å². The van der Waals surface area contributed by atoms with E-state index >= 15 is 0 Å². The van der Waals surface area contributed by atoms with Gasteiger partial charge in [-0.25, -0.2) is 4.85 Å². The lowest BCUT2D eigenvalue weighted by Gasteiger charge is -2.39. The van der Waals surface area contributed by atoms with Gasteiger partial charge in [0.25, 0.3) is 0 Å². The number of benzene rings is 7. The van der Waals surface area contributed by atoms with Crippen molar-refractivity contribution in [1.82, 2.24) is 0 Å². The number of nitrogens with zero attached hydrogens (tertiary/aromatic N) is 4. The molecule has 0 saturated carbocycles. The Kier molecular flexibility index (Phi) is 8.15. The molecule has 0 aromatic heterocycles. The molecule has 2 aliphatic rings. The summed E-state index contributed by atoms with van der Waals surface area (Å²) in [6.07, 6.45) is 0. The van der Waals surface area contributed by atoms with E-state index in [2.05, 4.69) is 96.9 Å². The molecule has 2 aliphatic heterocycles. The Bertz CT molecular complexity index is 2490. The lowest BCUT2D eigenvalue weighted by Crippen LogP contribution is -2.27. The van der Waals surface area contributed by atoms with E-state index in [1.807, 2.05) is 109 Å². The van der Waals surface area contributed by atoms with Crippen molar-refractivity contribution in [3.63, 3.8) is 0 Å². The number of anilines is 6. The Morgan fingerprint density at radius 1 is 0.464 bits per heavy atom. The summed E-state index contributed by atoms with van der Waals surface area (Å²) < 4.78 is 12.7.